The smallest absolute Gasteiger partial charge is 0.161 e. The third kappa shape index (κ3) is 7.55. The van der Waals surface area contributed by atoms with E-state index < -0.39 is 0 Å². The van der Waals surface area contributed by atoms with E-state index in [-0.39, 0.29) is 17.3 Å². The number of Topliss-reactive ketones (excluding diaryl/α,β-unsaturated/α-hetero) is 1. The molecule has 0 amide bonds. The molecule has 0 aromatic heterocycles. The number of ketones is 1. The highest BCUT2D eigenvalue weighted by atomic mass is 16.5. The molecule has 0 aromatic carbocycles. The van der Waals surface area contributed by atoms with Gasteiger partial charge in [0.15, 0.2) is 5.78 Å². The molecule has 0 aromatic rings. The van der Waals surface area contributed by atoms with Gasteiger partial charge in [-0.15, -0.1) is 0 Å². The molecule has 0 saturated carbocycles. The monoisotopic (exact) mass is 214 g/mol. The SMILES string of the molecule is CCCC(OCC)C(=O)CCC(C)(C)C. The van der Waals surface area contributed by atoms with Crippen LogP contribution in [-0.4, -0.2) is 18.5 Å². The van der Waals surface area contributed by atoms with Gasteiger partial charge < -0.3 is 4.74 Å². The van der Waals surface area contributed by atoms with Gasteiger partial charge in [-0.25, -0.2) is 0 Å². The van der Waals surface area contributed by atoms with Crippen LogP contribution in [0.5, 0.6) is 0 Å². The summed E-state index contributed by atoms with van der Waals surface area (Å²) in [5.74, 6) is 0.272. The Morgan fingerprint density at radius 1 is 1.27 bits per heavy atom. The van der Waals surface area contributed by atoms with Crippen molar-refractivity contribution in [3.8, 4) is 0 Å². The fourth-order valence-electron chi connectivity index (χ4n) is 1.46. The lowest BCUT2D eigenvalue weighted by Crippen LogP contribution is -2.25. The van der Waals surface area contributed by atoms with Crippen LogP contribution in [-0.2, 0) is 9.53 Å². The Kier molecular flexibility index (Phi) is 6.82. The van der Waals surface area contributed by atoms with Gasteiger partial charge in [-0.3, -0.25) is 4.79 Å². The summed E-state index contributed by atoms with van der Waals surface area (Å²) >= 11 is 0. The molecule has 90 valence electrons. The maximum atomic E-state index is 11.8. The molecule has 0 aliphatic carbocycles. The summed E-state index contributed by atoms with van der Waals surface area (Å²) in [6.07, 6.45) is 3.29. The van der Waals surface area contributed by atoms with Gasteiger partial charge in [-0.05, 0) is 25.2 Å². The van der Waals surface area contributed by atoms with E-state index in [1.54, 1.807) is 0 Å². The van der Waals surface area contributed by atoms with Crippen LogP contribution >= 0.6 is 0 Å². The average molecular weight is 214 g/mol. The second-order valence-electron chi connectivity index (χ2n) is 5.26. The van der Waals surface area contributed by atoms with Gasteiger partial charge in [-0.2, -0.15) is 0 Å². The highest BCUT2D eigenvalue weighted by Gasteiger charge is 2.20. The Morgan fingerprint density at radius 3 is 2.27 bits per heavy atom. The molecule has 0 aliphatic rings. The van der Waals surface area contributed by atoms with E-state index in [0.717, 1.165) is 19.3 Å². The van der Waals surface area contributed by atoms with Crippen molar-refractivity contribution in [2.45, 2.75) is 66.4 Å². The van der Waals surface area contributed by atoms with Crippen LogP contribution in [0.1, 0.15) is 60.3 Å². The molecule has 0 aliphatic heterocycles. The molecule has 0 saturated heterocycles. The third-order valence-electron chi connectivity index (χ3n) is 2.40. The summed E-state index contributed by atoms with van der Waals surface area (Å²) in [6.45, 7) is 11.1. The van der Waals surface area contributed by atoms with Gasteiger partial charge in [-0.1, -0.05) is 34.1 Å². The summed E-state index contributed by atoms with van der Waals surface area (Å²) in [4.78, 5) is 11.8. The van der Waals surface area contributed by atoms with Gasteiger partial charge in [0, 0.05) is 13.0 Å². The molecular formula is C13H26O2. The van der Waals surface area contributed by atoms with Crippen LogP contribution in [0, 0.1) is 5.41 Å². The fraction of sp³-hybridized carbons (Fsp3) is 0.923. The Balaban J connectivity index is 4.02. The first-order chi connectivity index (χ1) is 6.90. The minimum absolute atomic E-state index is 0.164. The predicted molar refractivity (Wildman–Crippen MR) is 64.0 cm³/mol. The van der Waals surface area contributed by atoms with Crippen LogP contribution in [0.3, 0.4) is 0 Å². The van der Waals surface area contributed by atoms with Crippen molar-refractivity contribution in [3.63, 3.8) is 0 Å². The van der Waals surface area contributed by atoms with Crippen LogP contribution in [0.25, 0.3) is 0 Å². The molecule has 1 unspecified atom stereocenters. The number of hydrogen-bond acceptors (Lipinski definition) is 2. The van der Waals surface area contributed by atoms with Crippen LogP contribution < -0.4 is 0 Å². The van der Waals surface area contributed by atoms with Crippen molar-refractivity contribution in [2.24, 2.45) is 5.41 Å². The maximum Gasteiger partial charge on any atom is 0.161 e. The van der Waals surface area contributed by atoms with Crippen LogP contribution in [0.2, 0.25) is 0 Å². The molecule has 15 heavy (non-hydrogen) atoms. The molecule has 1 atom stereocenters. The standard InChI is InChI=1S/C13H26O2/c1-6-8-12(15-7-2)11(14)9-10-13(3,4)5/h12H,6-10H2,1-5H3. The topological polar surface area (TPSA) is 26.3 Å². The van der Waals surface area contributed by atoms with E-state index >= 15 is 0 Å². The van der Waals surface area contributed by atoms with Crippen molar-refractivity contribution in [2.75, 3.05) is 6.61 Å². The van der Waals surface area contributed by atoms with Gasteiger partial charge in [0.1, 0.15) is 6.10 Å². The van der Waals surface area contributed by atoms with Crippen LogP contribution in [0.15, 0.2) is 0 Å². The van der Waals surface area contributed by atoms with Crippen LogP contribution in [0.4, 0.5) is 0 Å². The zero-order chi connectivity index (χ0) is 11.9. The normalized spacial score (nSPS) is 13.9. The zero-order valence-electron chi connectivity index (χ0n) is 10.9. The van der Waals surface area contributed by atoms with E-state index in [9.17, 15) is 4.79 Å². The molecule has 0 radical (unpaired) electrons. The highest BCUT2D eigenvalue weighted by molar-refractivity contribution is 5.83. The zero-order valence-corrected chi connectivity index (χ0v) is 10.9. The van der Waals surface area contributed by atoms with E-state index in [0.29, 0.717) is 13.0 Å². The summed E-state index contributed by atoms with van der Waals surface area (Å²) in [5.41, 5.74) is 0.235. The van der Waals surface area contributed by atoms with E-state index in [1.165, 1.54) is 0 Å². The first kappa shape index (κ1) is 14.6. The fourth-order valence-corrected chi connectivity index (χ4v) is 1.46. The summed E-state index contributed by atoms with van der Waals surface area (Å²) < 4.78 is 5.46. The lowest BCUT2D eigenvalue weighted by molar-refractivity contribution is -0.131. The molecule has 0 rings (SSSR count). The van der Waals surface area contributed by atoms with Crippen molar-refractivity contribution in [1.29, 1.82) is 0 Å². The number of carbonyl (C=O) groups is 1. The molecule has 2 nitrogen and oxygen atoms in total. The van der Waals surface area contributed by atoms with E-state index in [1.807, 2.05) is 6.92 Å². The second-order valence-corrected chi connectivity index (χ2v) is 5.26. The molecule has 2 heteroatoms. The molecular weight excluding hydrogens is 188 g/mol. The van der Waals surface area contributed by atoms with Gasteiger partial charge in [0.2, 0.25) is 0 Å². The number of rotatable bonds is 7. The van der Waals surface area contributed by atoms with E-state index in [4.69, 9.17) is 4.74 Å². The largest absolute Gasteiger partial charge is 0.371 e. The minimum Gasteiger partial charge on any atom is -0.371 e. The Bertz CT molecular complexity index is 173. The lowest BCUT2D eigenvalue weighted by Gasteiger charge is -2.20. The Hall–Kier alpha value is -0.370. The second kappa shape index (κ2) is 7.00. The molecule has 0 heterocycles. The number of hydrogen-bond donors (Lipinski definition) is 0. The van der Waals surface area contributed by atoms with Crippen molar-refractivity contribution >= 4 is 5.78 Å². The minimum atomic E-state index is -0.164. The first-order valence-electron chi connectivity index (χ1n) is 6.05. The lowest BCUT2D eigenvalue weighted by atomic mass is 9.88. The molecule has 0 spiro atoms. The molecule has 0 N–H and O–H groups in total. The third-order valence-corrected chi connectivity index (χ3v) is 2.40. The first-order valence-corrected chi connectivity index (χ1v) is 6.05. The molecule has 0 fully saturated rings. The van der Waals surface area contributed by atoms with Gasteiger partial charge in [0.25, 0.3) is 0 Å². The molecule has 0 bridgehead atoms. The van der Waals surface area contributed by atoms with Crippen molar-refractivity contribution < 1.29 is 9.53 Å². The Morgan fingerprint density at radius 2 is 1.87 bits per heavy atom. The predicted octanol–water partition coefficient (Wildman–Crippen LogP) is 3.59. The quantitative estimate of drug-likeness (QED) is 0.647. The Labute approximate surface area is 94.4 Å². The summed E-state index contributed by atoms with van der Waals surface area (Å²) in [5, 5.41) is 0. The number of ether oxygens (including phenoxy) is 1. The van der Waals surface area contributed by atoms with Crippen molar-refractivity contribution in [3.05, 3.63) is 0 Å². The van der Waals surface area contributed by atoms with Gasteiger partial charge >= 0.3 is 0 Å². The highest BCUT2D eigenvalue weighted by Crippen LogP contribution is 2.22. The summed E-state index contributed by atoms with van der Waals surface area (Å²) in [7, 11) is 0. The summed E-state index contributed by atoms with van der Waals surface area (Å²) in [6, 6.07) is 0. The van der Waals surface area contributed by atoms with Crippen molar-refractivity contribution in [1.82, 2.24) is 0 Å². The van der Waals surface area contributed by atoms with E-state index in [2.05, 4.69) is 27.7 Å². The maximum absolute atomic E-state index is 11.8. The average Bonchev–Trinajstić information content (AvgIpc) is 2.13. The van der Waals surface area contributed by atoms with Gasteiger partial charge in [0.05, 0.1) is 0 Å². The number of carbonyl (C=O) groups excluding carboxylic acids is 1.